The lowest BCUT2D eigenvalue weighted by Crippen LogP contribution is -2.23. The molecule has 0 saturated carbocycles. The van der Waals surface area contributed by atoms with E-state index in [2.05, 4.69) is 4.98 Å². The maximum Gasteiger partial charge on any atom is 0.308 e. The molecule has 94 valence electrons. The summed E-state index contributed by atoms with van der Waals surface area (Å²) in [4.78, 5) is 17.4. The quantitative estimate of drug-likeness (QED) is 0.877. The number of para-hydroxylation sites is 2. The zero-order valence-corrected chi connectivity index (χ0v) is 10.0. The van der Waals surface area contributed by atoms with Gasteiger partial charge in [-0.3, -0.25) is 4.79 Å². The number of aliphatic carboxylic acids is 1. The molecule has 5 heteroatoms. The van der Waals surface area contributed by atoms with E-state index in [-0.39, 0.29) is 11.8 Å². The summed E-state index contributed by atoms with van der Waals surface area (Å²) in [5, 5.41) is 9.11. The lowest BCUT2D eigenvalue weighted by molar-refractivity contribution is -0.142. The fourth-order valence-corrected chi connectivity index (χ4v) is 2.44. The molecule has 5 nitrogen and oxygen atoms in total. The second-order valence-corrected chi connectivity index (χ2v) is 4.79. The van der Waals surface area contributed by atoms with E-state index in [4.69, 9.17) is 9.52 Å². The van der Waals surface area contributed by atoms with E-state index in [1.807, 2.05) is 36.1 Å². The van der Waals surface area contributed by atoms with Crippen LogP contribution in [0.1, 0.15) is 6.92 Å². The first-order valence-corrected chi connectivity index (χ1v) is 5.98. The van der Waals surface area contributed by atoms with Gasteiger partial charge in [-0.05, 0) is 18.1 Å². The SMILES string of the molecule is CC1CN(c2nc3ccccc3o2)CC1C(=O)O. The van der Waals surface area contributed by atoms with E-state index >= 15 is 0 Å². The van der Waals surface area contributed by atoms with Gasteiger partial charge in [-0.2, -0.15) is 4.98 Å². The Hall–Kier alpha value is -2.04. The van der Waals surface area contributed by atoms with Crippen LogP contribution in [-0.2, 0) is 4.79 Å². The van der Waals surface area contributed by atoms with Crippen molar-refractivity contribution >= 4 is 23.1 Å². The molecule has 1 aromatic heterocycles. The molecular formula is C13H14N2O3. The van der Waals surface area contributed by atoms with E-state index in [0.717, 1.165) is 11.1 Å². The van der Waals surface area contributed by atoms with Gasteiger partial charge < -0.3 is 14.4 Å². The molecule has 0 amide bonds. The average molecular weight is 246 g/mol. The summed E-state index contributed by atoms with van der Waals surface area (Å²) in [6.45, 7) is 3.08. The zero-order chi connectivity index (χ0) is 12.7. The van der Waals surface area contributed by atoms with Crippen molar-refractivity contribution in [3.63, 3.8) is 0 Å². The van der Waals surface area contributed by atoms with Gasteiger partial charge >= 0.3 is 5.97 Å². The molecule has 1 aromatic carbocycles. The normalized spacial score (nSPS) is 23.7. The van der Waals surface area contributed by atoms with E-state index in [1.54, 1.807) is 0 Å². The number of benzene rings is 1. The maximum absolute atomic E-state index is 11.1. The van der Waals surface area contributed by atoms with Gasteiger partial charge in [0.15, 0.2) is 5.58 Å². The third kappa shape index (κ3) is 1.72. The van der Waals surface area contributed by atoms with Crippen molar-refractivity contribution in [1.82, 2.24) is 4.98 Å². The van der Waals surface area contributed by atoms with Crippen LogP contribution in [0.5, 0.6) is 0 Å². The molecule has 2 atom stereocenters. The highest BCUT2D eigenvalue weighted by molar-refractivity contribution is 5.75. The Balaban J connectivity index is 1.90. The summed E-state index contributed by atoms with van der Waals surface area (Å²) in [5.74, 6) is -0.987. The lowest BCUT2D eigenvalue weighted by Gasteiger charge is -2.11. The first-order chi connectivity index (χ1) is 8.65. The van der Waals surface area contributed by atoms with Crippen LogP contribution in [0.3, 0.4) is 0 Å². The third-order valence-corrected chi connectivity index (χ3v) is 3.48. The van der Waals surface area contributed by atoms with E-state index < -0.39 is 5.97 Å². The topological polar surface area (TPSA) is 66.6 Å². The standard InChI is InChI=1S/C13H14N2O3/c1-8-6-15(7-9(8)12(16)17)13-14-10-4-2-3-5-11(10)18-13/h2-5,8-9H,6-7H2,1H3,(H,16,17). The molecule has 1 fully saturated rings. The number of carboxylic acid groups (broad SMARTS) is 1. The van der Waals surface area contributed by atoms with Gasteiger partial charge in [-0.1, -0.05) is 19.1 Å². The molecule has 1 N–H and O–H groups in total. The fourth-order valence-electron chi connectivity index (χ4n) is 2.44. The number of nitrogens with zero attached hydrogens (tertiary/aromatic N) is 2. The van der Waals surface area contributed by atoms with Gasteiger partial charge in [0.2, 0.25) is 0 Å². The van der Waals surface area contributed by atoms with Crippen LogP contribution in [0.25, 0.3) is 11.1 Å². The Morgan fingerprint density at radius 2 is 2.22 bits per heavy atom. The summed E-state index contributed by atoms with van der Waals surface area (Å²) >= 11 is 0. The highest BCUT2D eigenvalue weighted by Crippen LogP contribution is 2.29. The predicted octanol–water partition coefficient (Wildman–Crippen LogP) is 1.98. The molecule has 2 aromatic rings. The largest absolute Gasteiger partial charge is 0.481 e. The number of oxazole rings is 1. The van der Waals surface area contributed by atoms with E-state index in [0.29, 0.717) is 19.1 Å². The van der Waals surface area contributed by atoms with Crippen molar-refractivity contribution in [1.29, 1.82) is 0 Å². The van der Waals surface area contributed by atoms with Gasteiger partial charge in [0.1, 0.15) is 5.52 Å². The van der Waals surface area contributed by atoms with Crippen LogP contribution in [0.15, 0.2) is 28.7 Å². The van der Waals surface area contributed by atoms with Crippen molar-refractivity contribution in [2.45, 2.75) is 6.92 Å². The van der Waals surface area contributed by atoms with Crippen LogP contribution in [0.2, 0.25) is 0 Å². The Morgan fingerprint density at radius 1 is 1.44 bits per heavy atom. The van der Waals surface area contributed by atoms with E-state index in [1.165, 1.54) is 0 Å². The highest BCUT2D eigenvalue weighted by atomic mass is 16.4. The summed E-state index contributed by atoms with van der Waals surface area (Å²) in [7, 11) is 0. The molecule has 0 bridgehead atoms. The molecule has 1 aliphatic heterocycles. The van der Waals surface area contributed by atoms with Crippen molar-refractivity contribution in [2.75, 3.05) is 18.0 Å². The smallest absolute Gasteiger partial charge is 0.308 e. The molecule has 2 unspecified atom stereocenters. The minimum absolute atomic E-state index is 0.109. The second-order valence-electron chi connectivity index (χ2n) is 4.79. The fraction of sp³-hybridized carbons (Fsp3) is 0.385. The number of anilines is 1. The number of rotatable bonds is 2. The first kappa shape index (κ1) is 11.1. The number of hydrogen-bond acceptors (Lipinski definition) is 4. The van der Waals surface area contributed by atoms with Crippen LogP contribution >= 0.6 is 0 Å². The van der Waals surface area contributed by atoms with E-state index in [9.17, 15) is 4.79 Å². The van der Waals surface area contributed by atoms with Crippen molar-refractivity contribution in [3.8, 4) is 0 Å². The molecule has 0 aliphatic carbocycles. The highest BCUT2D eigenvalue weighted by Gasteiger charge is 2.36. The first-order valence-electron chi connectivity index (χ1n) is 5.98. The van der Waals surface area contributed by atoms with Crippen molar-refractivity contribution < 1.29 is 14.3 Å². The zero-order valence-electron chi connectivity index (χ0n) is 10.0. The predicted molar refractivity (Wildman–Crippen MR) is 66.5 cm³/mol. The summed E-state index contributed by atoms with van der Waals surface area (Å²) in [6.07, 6.45) is 0. The monoisotopic (exact) mass is 246 g/mol. The van der Waals surface area contributed by atoms with Crippen LogP contribution < -0.4 is 4.90 Å². The average Bonchev–Trinajstić information content (AvgIpc) is 2.91. The Labute approximate surface area is 104 Å². The number of carbonyl (C=O) groups is 1. The molecule has 18 heavy (non-hydrogen) atoms. The number of aromatic nitrogens is 1. The summed E-state index contributed by atoms with van der Waals surface area (Å²) in [5.41, 5.74) is 1.54. The molecule has 1 saturated heterocycles. The van der Waals surface area contributed by atoms with Crippen molar-refractivity contribution in [3.05, 3.63) is 24.3 Å². The molecule has 3 rings (SSSR count). The molecule has 0 radical (unpaired) electrons. The summed E-state index contributed by atoms with van der Waals surface area (Å²) < 4.78 is 5.65. The molecule has 1 aliphatic rings. The third-order valence-electron chi connectivity index (χ3n) is 3.48. The Bertz CT molecular complexity index is 560. The van der Waals surface area contributed by atoms with Gasteiger partial charge in [-0.15, -0.1) is 0 Å². The molecule has 0 spiro atoms. The van der Waals surface area contributed by atoms with Crippen LogP contribution in [0, 0.1) is 11.8 Å². The van der Waals surface area contributed by atoms with Gasteiger partial charge in [-0.25, -0.2) is 0 Å². The molecule has 2 heterocycles. The van der Waals surface area contributed by atoms with Crippen LogP contribution in [-0.4, -0.2) is 29.1 Å². The number of fused-ring (bicyclic) bond motifs is 1. The van der Waals surface area contributed by atoms with Crippen molar-refractivity contribution in [2.24, 2.45) is 11.8 Å². The number of carboxylic acids is 1. The van der Waals surface area contributed by atoms with Gasteiger partial charge in [0.05, 0.1) is 5.92 Å². The second kappa shape index (κ2) is 4.01. The number of hydrogen-bond donors (Lipinski definition) is 1. The van der Waals surface area contributed by atoms with Crippen LogP contribution in [0.4, 0.5) is 6.01 Å². The maximum atomic E-state index is 11.1. The summed E-state index contributed by atoms with van der Waals surface area (Å²) in [6, 6.07) is 8.06. The minimum Gasteiger partial charge on any atom is -0.481 e. The Morgan fingerprint density at radius 3 is 2.89 bits per heavy atom. The lowest BCUT2D eigenvalue weighted by atomic mass is 9.99. The van der Waals surface area contributed by atoms with Gasteiger partial charge in [0, 0.05) is 13.1 Å². The Kier molecular flexibility index (Phi) is 2.47. The minimum atomic E-state index is -0.749. The molecular weight excluding hydrogens is 232 g/mol. The van der Waals surface area contributed by atoms with Gasteiger partial charge in [0.25, 0.3) is 6.01 Å².